The zero-order chi connectivity index (χ0) is 17.9. The smallest absolute Gasteiger partial charge is 0.0713 e. The van der Waals surface area contributed by atoms with Crippen LogP contribution in [0.3, 0.4) is 0 Å². The Morgan fingerprint density at radius 1 is 0.792 bits per heavy atom. The lowest BCUT2D eigenvalue weighted by Gasteiger charge is -2.15. The van der Waals surface area contributed by atoms with E-state index in [1.165, 1.54) is 57.8 Å². The quantitative estimate of drug-likeness (QED) is 0.261. The van der Waals surface area contributed by atoms with Crippen LogP contribution in [0.25, 0.3) is 0 Å². The first-order valence-corrected chi connectivity index (χ1v) is 10.1. The molecule has 0 spiro atoms. The second-order valence-electron chi connectivity index (χ2n) is 6.79. The number of allylic oxidation sites excluding steroid dienone is 4. The predicted molar refractivity (Wildman–Crippen MR) is 105 cm³/mol. The Bertz CT molecular complexity index is 302. The molecule has 0 aromatic carbocycles. The molecule has 0 aliphatic heterocycles. The van der Waals surface area contributed by atoms with Gasteiger partial charge in [-0.15, -0.1) is 0 Å². The normalized spacial score (nSPS) is 14.7. The third-order valence-corrected chi connectivity index (χ3v) is 4.41. The first-order chi connectivity index (χ1) is 11.7. The summed E-state index contributed by atoms with van der Waals surface area (Å²) in [7, 11) is 0. The van der Waals surface area contributed by atoms with Gasteiger partial charge in [0.1, 0.15) is 0 Å². The fourth-order valence-electron chi connectivity index (χ4n) is 2.68. The SMILES string of the molecule is CCCCC/C=C\C/C=C\CCCCCCCC[C@H](O)[C@@H](N)CO. The van der Waals surface area contributed by atoms with E-state index in [9.17, 15) is 5.11 Å². The van der Waals surface area contributed by atoms with E-state index in [0.29, 0.717) is 6.42 Å². The molecule has 0 fully saturated rings. The Morgan fingerprint density at radius 2 is 1.33 bits per heavy atom. The van der Waals surface area contributed by atoms with Crippen LogP contribution >= 0.6 is 0 Å². The van der Waals surface area contributed by atoms with Crippen molar-refractivity contribution in [2.45, 2.75) is 103 Å². The van der Waals surface area contributed by atoms with Gasteiger partial charge in [0.15, 0.2) is 0 Å². The van der Waals surface area contributed by atoms with Gasteiger partial charge in [-0.25, -0.2) is 0 Å². The lowest BCUT2D eigenvalue weighted by atomic mass is 10.0. The molecule has 0 bridgehead atoms. The van der Waals surface area contributed by atoms with E-state index in [4.69, 9.17) is 10.8 Å². The van der Waals surface area contributed by atoms with E-state index < -0.39 is 12.1 Å². The summed E-state index contributed by atoms with van der Waals surface area (Å²) >= 11 is 0. The maximum atomic E-state index is 9.64. The van der Waals surface area contributed by atoms with Gasteiger partial charge in [0.2, 0.25) is 0 Å². The number of unbranched alkanes of at least 4 members (excludes halogenated alkanes) is 9. The largest absolute Gasteiger partial charge is 0.395 e. The van der Waals surface area contributed by atoms with E-state index in [2.05, 4.69) is 31.2 Å². The molecule has 24 heavy (non-hydrogen) atoms. The number of hydrogen-bond donors (Lipinski definition) is 3. The Morgan fingerprint density at radius 3 is 1.92 bits per heavy atom. The van der Waals surface area contributed by atoms with Gasteiger partial charge in [0, 0.05) is 0 Å². The molecule has 2 atom stereocenters. The van der Waals surface area contributed by atoms with Gasteiger partial charge in [-0.3, -0.25) is 0 Å². The van der Waals surface area contributed by atoms with E-state index in [-0.39, 0.29) is 6.61 Å². The Hall–Kier alpha value is -0.640. The number of aliphatic hydroxyl groups is 2. The average molecular weight is 340 g/mol. The summed E-state index contributed by atoms with van der Waals surface area (Å²) in [6, 6.07) is -0.483. The molecule has 142 valence electrons. The molecule has 0 rings (SSSR count). The summed E-state index contributed by atoms with van der Waals surface area (Å²) in [5, 5.41) is 18.5. The Labute approximate surface area is 150 Å². The molecule has 0 aliphatic carbocycles. The van der Waals surface area contributed by atoms with Gasteiger partial charge in [-0.1, -0.05) is 76.2 Å². The van der Waals surface area contributed by atoms with E-state index in [1.807, 2.05) is 0 Å². The van der Waals surface area contributed by atoms with Crippen molar-refractivity contribution in [2.24, 2.45) is 5.73 Å². The first kappa shape index (κ1) is 23.4. The summed E-state index contributed by atoms with van der Waals surface area (Å²) in [4.78, 5) is 0. The van der Waals surface area contributed by atoms with Crippen LogP contribution in [-0.2, 0) is 0 Å². The molecule has 0 unspecified atom stereocenters. The summed E-state index contributed by atoms with van der Waals surface area (Å²) in [6.07, 6.45) is 24.0. The topological polar surface area (TPSA) is 66.5 Å². The molecule has 0 radical (unpaired) electrons. The maximum Gasteiger partial charge on any atom is 0.0713 e. The second-order valence-corrected chi connectivity index (χ2v) is 6.79. The summed E-state index contributed by atoms with van der Waals surface area (Å²) in [5.41, 5.74) is 5.57. The highest BCUT2D eigenvalue weighted by molar-refractivity contribution is 4.92. The number of nitrogens with two attached hydrogens (primary N) is 1. The van der Waals surface area contributed by atoms with Crippen LogP contribution in [0, 0.1) is 0 Å². The van der Waals surface area contributed by atoms with Crippen LogP contribution in [0.15, 0.2) is 24.3 Å². The third kappa shape index (κ3) is 16.2. The molecule has 4 N–H and O–H groups in total. The standard InChI is InChI=1S/C21H41NO2/c1-2-3-4-5-6-7-8-9-10-11-12-13-14-15-16-17-18-21(24)20(22)19-23/h6-7,9-10,20-21,23-24H,2-5,8,11-19,22H2,1H3/b7-6-,10-9-/t20-,21-/m0/s1. The molecular weight excluding hydrogens is 298 g/mol. The number of aliphatic hydroxyl groups excluding tert-OH is 2. The van der Waals surface area contributed by atoms with Gasteiger partial charge >= 0.3 is 0 Å². The highest BCUT2D eigenvalue weighted by atomic mass is 16.3. The Kier molecular flexibility index (Phi) is 18.2. The fraction of sp³-hybridized carbons (Fsp3) is 0.810. The van der Waals surface area contributed by atoms with Crippen molar-refractivity contribution >= 4 is 0 Å². The Balaban J connectivity index is 3.26. The van der Waals surface area contributed by atoms with Gasteiger partial charge in [0.05, 0.1) is 18.8 Å². The zero-order valence-electron chi connectivity index (χ0n) is 15.8. The number of hydrogen-bond acceptors (Lipinski definition) is 3. The van der Waals surface area contributed by atoms with Gasteiger partial charge in [-0.2, -0.15) is 0 Å². The van der Waals surface area contributed by atoms with Crippen LogP contribution in [0.4, 0.5) is 0 Å². The van der Waals surface area contributed by atoms with Crippen molar-refractivity contribution in [3.05, 3.63) is 24.3 Å². The fourth-order valence-corrected chi connectivity index (χ4v) is 2.68. The minimum Gasteiger partial charge on any atom is -0.395 e. The number of rotatable bonds is 17. The molecule has 0 saturated carbocycles. The van der Waals surface area contributed by atoms with E-state index in [0.717, 1.165) is 19.3 Å². The van der Waals surface area contributed by atoms with Crippen LogP contribution in [0.1, 0.15) is 90.4 Å². The molecule has 0 aromatic heterocycles. The van der Waals surface area contributed by atoms with Crippen LogP contribution in [-0.4, -0.2) is 29.0 Å². The van der Waals surface area contributed by atoms with Crippen LogP contribution in [0.2, 0.25) is 0 Å². The summed E-state index contributed by atoms with van der Waals surface area (Å²) in [6.45, 7) is 2.11. The summed E-state index contributed by atoms with van der Waals surface area (Å²) in [5.74, 6) is 0. The molecule has 0 heterocycles. The lowest BCUT2D eigenvalue weighted by molar-refractivity contribution is 0.0990. The molecule has 0 amide bonds. The molecule has 3 nitrogen and oxygen atoms in total. The highest BCUT2D eigenvalue weighted by Crippen LogP contribution is 2.11. The van der Waals surface area contributed by atoms with Crippen molar-refractivity contribution < 1.29 is 10.2 Å². The van der Waals surface area contributed by atoms with Crippen molar-refractivity contribution in [3.8, 4) is 0 Å². The molecule has 0 aliphatic rings. The van der Waals surface area contributed by atoms with E-state index >= 15 is 0 Å². The lowest BCUT2D eigenvalue weighted by Crippen LogP contribution is -2.37. The predicted octanol–water partition coefficient (Wildman–Crippen LogP) is 4.87. The van der Waals surface area contributed by atoms with Crippen molar-refractivity contribution in [1.29, 1.82) is 0 Å². The minimum absolute atomic E-state index is 0.136. The van der Waals surface area contributed by atoms with Gasteiger partial charge < -0.3 is 15.9 Å². The van der Waals surface area contributed by atoms with Gasteiger partial charge in [-0.05, 0) is 38.5 Å². The molecule has 0 saturated heterocycles. The van der Waals surface area contributed by atoms with Crippen LogP contribution in [0.5, 0.6) is 0 Å². The summed E-state index contributed by atoms with van der Waals surface area (Å²) < 4.78 is 0. The highest BCUT2D eigenvalue weighted by Gasteiger charge is 2.12. The minimum atomic E-state index is -0.555. The second kappa shape index (κ2) is 18.7. The average Bonchev–Trinajstić information content (AvgIpc) is 2.60. The van der Waals surface area contributed by atoms with Gasteiger partial charge in [0.25, 0.3) is 0 Å². The van der Waals surface area contributed by atoms with Crippen molar-refractivity contribution in [3.63, 3.8) is 0 Å². The molecular formula is C21H41NO2. The first-order valence-electron chi connectivity index (χ1n) is 10.1. The van der Waals surface area contributed by atoms with Crippen molar-refractivity contribution in [2.75, 3.05) is 6.61 Å². The maximum absolute atomic E-state index is 9.64. The van der Waals surface area contributed by atoms with E-state index in [1.54, 1.807) is 0 Å². The molecule has 0 aromatic rings. The molecule has 3 heteroatoms. The van der Waals surface area contributed by atoms with Crippen LogP contribution < -0.4 is 5.73 Å². The van der Waals surface area contributed by atoms with Crippen molar-refractivity contribution in [1.82, 2.24) is 0 Å². The third-order valence-electron chi connectivity index (χ3n) is 4.41. The monoisotopic (exact) mass is 339 g/mol. The zero-order valence-corrected chi connectivity index (χ0v) is 15.8.